The molecule has 1 heterocycles. The van der Waals surface area contributed by atoms with Gasteiger partial charge in [0.05, 0.1) is 28.6 Å². The lowest BCUT2D eigenvalue weighted by Crippen LogP contribution is -2.40. The summed E-state index contributed by atoms with van der Waals surface area (Å²) in [7, 11) is -3.58. The van der Waals surface area contributed by atoms with Crippen LogP contribution in [-0.2, 0) is 19.5 Å². The van der Waals surface area contributed by atoms with Gasteiger partial charge in [0, 0.05) is 24.7 Å². The number of rotatable bonds is 8. The van der Waals surface area contributed by atoms with Gasteiger partial charge in [-0.15, -0.1) is 0 Å². The summed E-state index contributed by atoms with van der Waals surface area (Å²) in [4.78, 5) is 22.6. The van der Waals surface area contributed by atoms with Crippen molar-refractivity contribution in [3.05, 3.63) is 63.7 Å². The molecule has 1 saturated heterocycles. The molecule has 10 nitrogen and oxygen atoms in total. The van der Waals surface area contributed by atoms with E-state index in [-0.39, 0.29) is 29.4 Å². The average molecular weight is 450 g/mol. The average Bonchev–Trinajstić information content (AvgIpc) is 2.77. The number of esters is 1. The fourth-order valence-corrected chi connectivity index (χ4v) is 4.36. The van der Waals surface area contributed by atoms with Crippen molar-refractivity contribution in [2.24, 2.45) is 0 Å². The Hall–Kier alpha value is -3.02. The van der Waals surface area contributed by atoms with E-state index < -0.39 is 20.9 Å². The molecule has 0 N–H and O–H groups in total. The highest BCUT2D eigenvalue weighted by atomic mass is 32.2. The summed E-state index contributed by atoms with van der Waals surface area (Å²) in [6.45, 7) is 2.92. The highest BCUT2D eigenvalue weighted by Crippen LogP contribution is 2.21. The van der Waals surface area contributed by atoms with Gasteiger partial charge in [-0.25, -0.2) is 13.2 Å². The first-order valence-electron chi connectivity index (χ1n) is 9.52. The molecule has 0 spiro atoms. The Morgan fingerprint density at radius 1 is 1.13 bits per heavy atom. The zero-order chi connectivity index (χ0) is 22.4. The second-order valence-electron chi connectivity index (χ2n) is 6.73. The number of morpholine rings is 1. The van der Waals surface area contributed by atoms with Gasteiger partial charge in [-0.2, -0.15) is 4.31 Å². The van der Waals surface area contributed by atoms with Crippen molar-refractivity contribution in [3.63, 3.8) is 0 Å². The molecule has 2 aromatic carbocycles. The van der Waals surface area contributed by atoms with E-state index in [0.717, 1.165) is 0 Å². The SMILES string of the molecule is Cc1ccc(C(=O)OCCOc2ccc(S(=O)(=O)N3CCOCC3)cc2)cc1[N+](=O)[O-]. The number of sulfonamides is 1. The van der Waals surface area contributed by atoms with Gasteiger partial charge >= 0.3 is 5.97 Å². The molecule has 2 aromatic rings. The smallest absolute Gasteiger partial charge is 0.338 e. The van der Waals surface area contributed by atoms with Gasteiger partial charge in [0.15, 0.2) is 0 Å². The van der Waals surface area contributed by atoms with E-state index in [1.165, 1.54) is 46.8 Å². The molecular weight excluding hydrogens is 428 g/mol. The summed E-state index contributed by atoms with van der Waals surface area (Å²) in [5.41, 5.74) is 0.372. The molecule has 1 aliphatic heterocycles. The number of aryl methyl sites for hydroxylation is 1. The van der Waals surface area contributed by atoms with Crippen LogP contribution >= 0.6 is 0 Å². The Labute approximate surface area is 179 Å². The molecule has 0 amide bonds. The fraction of sp³-hybridized carbons (Fsp3) is 0.350. The lowest BCUT2D eigenvalue weighted by molar-refractivity contribution is -0.385. The molecule has 166 valence electrons. The fourth-order valence-electron chi connectivity index (χ4n) is 2.95. The van der Waals surface area contributed by atoms with Crippen molar-refractivity contribution in [1.29, 1.82) is 0 Å². The molecule has 1 fully saturated rings. The van der Waals surface area contributed by atoms with Crippen molar-refractivity contribution >= 4 is 21.7 Å². The van der Waals surface area contributed by atoms with Gasteiger partial charge in [0.2, 0.25) is 10.0 Å². The largest absolute Gasteiger partial charge is 0.490 e. The van der Waals surface area contributed by atoms with Crippen LogP contribution in [0.1, 0.15) is 15.9 Å². The van der Waals surface area contributed by atoms with Gasteiger partial charge in [-0.1, -0.05) is 6.07 Å². The van der Waals surface area contributed by atoms with Crippen LogP contribution in [0.4, 0.5) is 5.69 Å². The number of benzene rings is 2. The monoisotopic (exact) mass is 450 g/mol. The maximum Gasteiger partial charge on any atom is 0.338 e. The van der Waals surface area contributed by atoms with Crippen LogP contribution in [-0.4, -0.2) is 63.1 Å². The maximum absolute atomic E-state index is 12.6. The van der Waals surface area contributed by atoms with Crippen LogP contribution in [0.2, 0.25) is 0 Å². The number of nitro benzene ring substituents is 1. The molecule has 0 unspecified atom stereocenters. The number of ether oxygens (including phenoxy) is 3. The molecular formula is C20H22N2O8S. The Balaban J connectivity index is 1.50. The van der Waals surface area contributed by atoms with Crippen molar-refractivity contribution < 1.29 is 32.3 Å². The summed E-state index contributed by atoms with van der Waals surface area (Å²) in [6.07, 6.45) is 0. The number of nitro groups is 1. The normalized spacial score (nSPS) is 14.7. The van der Waals surface area contributed by atoms with E-state index in [1.54, 1.807) is 6.92 Å². The molecule has 31 heavy (non-hydrogen) atoms. The first-order chi connectivity index (χ1) is 14.8. The van der Waals surface area contributed by atoms with Gasteiger partial charge in [-0.3, -0.25) is 10.1 Å². The minimum Gasteiger partial charge on any atom is -0.490 e. The Bertz CT molecular complexity index is 1050. The molecule has 0 radical (unpaired) electrons. The number of carbonyl (C=O) groups is 1. The van der Waals surface area contributed by atoms with E-state index in [9.17, 15) is 23.3 Å². The second-order valence-corrected chi connectivity index (χ2v) is 8.67. The van der Waals surface area contributed by atoms with Gasteiger partial charge in [-0.05, 0) is 37.3 Å². The molecule has 1 aliphatic rings. The lowest BCUT2D eigenvalue weighted by atomic mass is 10.1. The Morgan fingerprint density at radius 2 is 1.81 bits per heavy atom. The van der Waals surface area contributed by atoms with E-state index in [4.69, 9.17) is 14.2 Å². The zero-order valence-electron chi connectivity index (χ0n) is 16.9. The van der Waals surface area contributed by atoms with Crippen molar-refractivity contribution in [2.45, 2.75) is 11.8 Å². The molecule has 0 atom stereocenters. The maximum atomic E-state index is 12.6. The number of hydrogen-bond donors (Lipinski definition) is 0. The van der Waals surface area contributed by atoms with E-state index in [1.807, 2.05) is 0 Å². The predicted octanol–water partition coefficient (Wildman–Crippen LogP) is 2.16. The Morgan fingerprint density at radius 3 is 2.45 bits per heavy atom. The summed E-state index contributed by atoms with van der Waals surface area (Å²) in [5, 5.41) is 11.0. The van der Waals surface area contributed by atoms with Crippen LogP contribution < -0.4 is 4.74 Å². The number of carbonyl (C=O) groups excluding carboxylic acids is 1. The molecule has 0 bridgehead atoms. The molecule has 11 heteroatoms. The first kappa shape index (κ1) is 22.7. The minimum absolute atomic E-state index is 0.0370. The van der Waals surface area contributed by atoms with E-state index >= 15 is 0 Å². The summed E-state index contributed by atoms with van der Waals surface area (Å²) in [5.74, 6) is -0.276. The minimum atomic E-state index is -3.58. The Kier molecular flexibility index (Phi) is 7.21. The predicted molar refractivity (Wildman–Crippen MR) is 110 cm³/mol. The van der Waals surface area contributed by atoms with Crippen LogP contribution in [0.15, 0.2) is 47.4 Å². The lowest BCUT2D eigenvalue weighted by Gasteiger charge is -2.26. The van der Waals surface area contributed by atoms with Crippen LogP contribution in [0.3, 0.4) is 0 Å². The van der Waals surface area contributed by atoms with Crippen LogP contribution in [0.25, 0.3) is 0 Å². The standard InChI is InChI=1S/C20H22N2O8S/c1-15-2-3-16(14-19(15)22(24)25)20(23)30-13-12-29-17-4-6-18(7-5-17)31(26,27)21-8-10-28-11-9-21/h2-7,14H,8-13H2,1H3. The third-order valence-electron chi connectivity index (χ3n) is 4.66. The molecule has 0 aliphatic carbocycles. The number of hydrogen-bond acceptors (Lipinski definition) is 8. The molecule has 0 aromatic heterocycles. The summed E-state index contributed by atoms with van der Waals surface area (Å²) in [6, 6.07) is 10.1. The van der Waals surface area contributed by atoms with Crippen molar-refractivity contribution in [1.82, 2.24) is 4.31 Å². The molecule has 3 rings (SSSR count). The summed E-state index contributed by atoms with van der Waals surface area (Å²) >= 11 is 0. The highest BCUT2D eigenvalue weighted by Gasteiger charge is 2.26. The van der Waals surface area contributed by atoms with E-state index in [0.29, 0.717) is 37.6 Å². The first-order valence-corrected chi connectivity index (χ1v) is 11.0. The van der Waals surface area contributed by atoms with Gasteiger partial charge in [0.25, 0.3) is 5.69 Å². The molecule has 0 saturated carbocycles. The van der Waals surface area contributed by atoms with Crippen molar-refractivity contribution in [3.8, 4) is 5.75 Å². The number of nitrogens with zero attached hydrogens (tertiary/aromatic N) is 2. The third-order valence-corrected chi connectivity index (χ3v) is 6.57. The van der Waals surface area contributed by atoms with Crippen LogP contribution in [0, 0.1) is 17.0 Å². The quantitative estimate of drug-likeness (QED) is 0.259. The van der Waals surface area contributed by atoms with Crippen molar-refractivity contribution in [2.75, 3.05) is 39.5 Å². The van der Waals surface area contributed by atoms with Gasteiger partial charge in [0.1, 0.15) is 19.0 Å². The van der Waals surface area contributed by atoms with Gasteiger partial charge < -0.3 is 14.2 Å². The highest BCUT2D eigenvalue weighted by molar-refractivity contribution is 7.89. The topological polar surface area (TPSA) is 125 Å². The summed E-state index contributed by atoms with van der Waals surface area (Å²) < 4.78 is 42.3. The zero-order valence-corrected chi connectivity index (χ0v) is 17.7. The second kappa shape index (κ2) is 9.86. The van der Waals surface area contributed by atoms with E-state index in [2.05, 4.69) is 0 Å². The third kappa shape index (κ3) is 5.57. The van der Waals surface area contributed by atoms with Crippen LogP contribution in [0.5, 0.6) is 5.75 Å².